The number of hydrogen-bond donors (Lipinski definition) is 3. The molecule has 0 unspecified atom stereocenters. The maximum Gasteiger partial charge on any atom is 0.278 e. The van der Waals surface area contributed by atoms with Gasteiger partial charge < -0.3 is 14.9 Å². The predicted molar refractivity (Wildman–Crippen MR) is 72.9 cm³/mol. The smallest absolute Gasteiger partial charge is 0.278 e. The van der Waals surface area contributed by atoms with Crippen LogP contribution in [0.1, 0.15) is 10.5 Å². The molecule has 110 valence electrons. The van der Waals surface area contributed by atoms with E-state index in [1.54, 1.807) is 0 Å². The van der Waals surface area contributed by atoms with Crippen LogP contribution in [0.25, 0.3) is 0 Å². The van der Waals surface area contributed by atoms with Crippen molar-refractivity contribution in [3.05, 3.63) is 24.2 Å². The molecule has 2 rings (SSSR count). The molecule has 0 saturated carbocycles. The maximum absolute atomic E-state index is 12.0. The highest BCUT2D eigenvalue weighted by molar-refractivity contribution is 6.01. The minimum atomic E-state index is -0.546. The summed E-state index contributed by atoms with van der Waals surface area (Å²) in [6, 6.07) is 1.48. The molecule has 10 nitrogen and oxygen atoms in total. The number of hydrogen-bond acceptors (Lipinski definition) is 9. The first kappa shape index (κ1) is 14.4. The summed E-state index contributed by atoms with van der Waals surface area (Å²) >= 11 is 0. The fourth-order valence-corrected chi connectivity index (χ4v) is 1.38. The first-order valence-electron chi connectivity index (χ1n) is 5.73. The topological polar surface area (TPSA) is 137 Å². The Kier molecular flexibility index (Phi) is 4.41. The second-order valence-corrected chi connectivity index (χ2v) is 3.66. The Morgan fingerprint density at radius 3 is 2.38 bits per heavy atom. The number of nitrogens with two attached hydrogens (primary N) is 1. The predicted octanol–water partition coefficient (Wildman–Crippen LogP) is -0.178. The lowest BCUT2D eigenvalue weighted by Crippen LogP contribution is -2.18. The second-order valence-electron chi connectivity index (χ2n) is 3.66. The average molecular weight is 291 g/mol. The normalized spacial score (nSPS) is 9.86. The van der Waals surface area contributed by atoms with Crippen LogP contribution < -0.4 is 26.1 Å². The Labute approximate surface area is 119 Å². The van der Waals surface area contributed by atoms with Gasteiger partial charge in [0.05, 0.1) is 32.7 Å². The van der Waals surface area contributed by atoms with Crippen molar-refractivity contribution in [1.29, 1.82) is 0 Å². The molecule has 21 heavy (non-hydrogen) atoms. The Morgan fingerprint density at radius 1 is 1.14 bits per heavy atom. The minimum absolute atomic E-state index is 0.0177. The number of nitrogen functional groups attached to an aromatic ring is 1. The van der Waals surface area contributed by atoms with E-state index < -0.39 is 5.91 Å². The number of amides is 1. The summed E-state index contributed by atoms with van der Waals surface area (Å²) in [6.07, 6.45) is 2.66. The van der Waals surface area contributed by atoms with Crippen molar-refractivity contribution < 1.29 is 14.3 Å². The standard InChI is InChI=1S/C11H13N7O3/c1-20-8-3-9(21-2)16-11(15-8)17-10(19)6-4-13-5-7(14-6)18-12/h3-5H,12H2,1-2H3,(H,14,18)(H,15,16,17,19). The van der Waals surface area contributed by atoms with E-state index in [1.807, 2.05) is 0 Å². The van der Waals surface area contributed by atoms with E-state index in [0.29, 0.717) is 0 Å². The van der Waals surface area contributed by atoms with Crippen molar-refractivity contribution in [2.24, 2.45) is 5.84 Å². The molecule has 0 aliphatic carbocycles. The van der Waals surface area contributed by atoms with Gasteiger partial charge in [0.2, 0.25) is 17.7 Å². The van der Waals surface area contributed by atoms with Crippen molar-refractivity contribution in [3.8, 4) is 11.8 Å². The molecule has 2 heterocycles. The molecule has 0 radical (unpaired) electrons. The van der Waals surface area contributed by atoms with Crippen molar-refractivity contribution in [2.75, 3.05) is 25.0 Å². The van der Waals surface area contributed by atoms with Crippen LogP contribution in [-0.4, -0.2) is 40.1 Å². The van der Waals surface area contributed by atoms with Gasteiger partial charge in [-0.25, -0.2) is 10.8 Å². The van der Waals surface area contributed by atoms with E-state index in [0.717, 1.165) is 0 Å². The van der Waals surface area contributed by atoms with E-state index in [-0.39, 0.29) is 29.2 Å². The highest BCUT2D eigenvalue weighted by Crippen LogP contribution is 2.17. The largest absolute Gasteiger partial charge is 0.481 e. The number of rotatable bonds is 5. The van der Waals surface area contributed by atoms with Crippen LogP contribution in [0.5, 0.6) is 11.8 Å². The zero-order valence-corrected chi connectivity index (χ0v) is 11.3. The van der Waals surface area contributed by atoms with Gasteiger partial charge in [0.15, 0.2) is 5.82 Å². The molecule has 0 aliphatic rings. The number of anilines is 2. The van der Waals surface area contributed by atoms with Crippen LogP contribution in [0.3, 0.4) is 0 Å². The summed E-state index contributed by atoms with van der Waals surface area (Å²) < 4.78 is 9.97. The number of nitrogens with one attached hydrogen (secondary N) is 2. The summed E-state index contributed by atoms with van der Waals surface area (Å²) in [6.45, 7) is 0. The molecule has 0 atom stereocenters. The molecular weight excluding hydrogens is 278 g/mol. The van der Waals surface area contributed by atoms with Crippen LogP contribution >= 0.6 is 0 Å². The van der Waals surface area contributed by atoms with E-state index in [2.05, 4.69) is 30.7 Å². The van der Waals surface area contributed by atoms with Crippen LogP contribution in [-0.2, 0) is 0 Å². The highest BCUT2D eigenvalue weighted by Gasteiger charge is 2.13. The monoisotopic (exact) mass is 291 g/mol. The zero-order chi connectivity index (χ0) is 15.2. The van der Waals surface area contributed by atoms with Gasteiger partial charge in [-0.2, -0.15) is 9.97 Å². The Balaban J connectivity index is 2.22. The van der Waals surface area contributed by atoms with Crippen molar-refractivity contribution in [2.45, 2.75) is 0 Å². The van der Waals surface area contributed by atoms with Crippen LogP contribution in [0.2, 0.25) is 0 Å². The Bertz CT molecular complexity index is 627. The number of nitrogens with zero attached hydrogens (tertiary/aromatic N) is 4. The van der Waals surface area contributed by atoms with E-state index in [9.17, 15) is 4.79 Å². The molecule has 0 bridgehead atoms. The summed E-state index contributed by atoms with van der Waals surface area (Å²) in [5.74, 6) is 5.43. The second kappa shape index (κ2) is 6.43. The quantitative estimate of drug-likeness (QED) is 0.506. The van der Waals surface area contributed by atoms with Crippen molar-refractivity contribution >= 4 is 17.7 Å². The van der Waals surface area contributed by atoms with Gasteiger partial charge in [-0.05, 0) is 0 Å². The number of carbonyl (C=O) groups excluding carboxylic acids is 1. The van der Waals surface area contributed by atoms with Gasteiger partial charge in [0.1, 0.15) is 5.69 Å². The molecule has 1 amide bonds. The average Bonchev–Trinajstić information content (AvgIpc) is 2.54. The molecule has 0 aromatic carbocycles. The van der Waals surface area contributed by atoms with Crippen molar-refractivity contribution in [1.82, 2.24) is 19.9 Å². The van der Waals surface area contributed by atoms with Crippen LogP contribution in [0.15, 0.2) is 18.5 Å². The fourth-order valence-electron chi connectivity index (χ4n) is 1.38. The molecule has 0 spiro atoms. The van der Waals surface area contributed by atoms with Crippen molar-refractivity contribution in [3.63, 3.8) is 0 Å². The molecule has 4 N–H and O–H groups in total. The summed E-state index contributed by atoms with van der Waals surface area (Å²) in [4.78, 5) is 27.8. The van der Waals surface area contributed by atoms with Gasteiger partial charge in [-0.1, -0.05) is 0 Å². The lowest BCUT2D eigenvalue weighted by Gasteiger charge is -2.07. The molecule has 0 fully saturated rings. The Morgan fingerprint density at radius 2 is 1.81 bits per heavy atom. The molecule has 0 aliphatic heterocycles. The third-order valence-electron chi connectivity index (χ3n) is 2.34. The van der Waals surface area contributed by atoms with E-state index >= 15 is 0 Å². The first-order valence-corrected chi connectivity index (χ1v) is 5.73. The summed E-state index contributed by atoms with van der Waals surface area (Å²) in [5, 5.41) is 2.47. The zero-order valence-electron chi connectivity index (χ0n) is 11.3. The number of carbonyl (C=O) groups is 1. The number of hydrazine groups is 1. The Hall–Kier alpha value is -3.01. The number of ether oxygens (including phenoxy) is 2. The van der Waals surface area contributed by atoms with Gasteiger partial charge in [-0.15, -0.1) is 0 Å². The van der Waals surface area contributed by atoms with E-state index in [4.69, 9.17) is 15.3 Å². The molecule has 0 saturated heterocycles. The van der Waals surface area contributed by atoms with Crippen LogP contribution in [0.4, 0.5) is 11.8 Å². The molecule has 10 heteroatoms. The van der Waals surface area contributed by atoms with E-state index in [1.165, 1.54) is 32.7 Å². The maximum atomic E-state index is 12.0. The van der Waals surface area contributed by atoms with Crippen LogP contribution in [0, 0.1) is 0 Å². The fraction of sp³-hybridized carbons (Fsp3) is 0.182. The number of methoxy groups -OCH3 is 2. The molecule has 2 aromatic rings. The first-order chi connectivity index (χ1) is 10.2. The summed E-state index contributed by atoms with van der Waals surface area (Å²) in [5.41, 5.74) is 2.35. The molecule has 2 aromatic heterocycles. The van der Waals surface area contributed by atoms with Gasteiger partial charge >= 0.3 is 0 Å². The third kappa shape index (κ3) is 3.51. The van der Waals surface area contributed by atoms with Gasteiger partial charge in [0.25, 0.3) is 5.91 Å². The van der Waals surface area contributed by atoms with Gasteiger partial charge in [-0.3, -0.25) is 15.1 Å². The number of aromatic nitrogens is 4. The van der Waals surface area contributed by atoms with Gasteiger partial charge in [0, 0.05) is 0 Å². The minimum Gasteiger partial charge on any atom is -0.481 e. The lowest BCUT2D eigenvalue weighted by molar-refractivity contribution is 0.102. The lowest BCUT2D eigenvalue weighted by atomic mass is 10.4. The third-order valence-corrected chi connectivity index (χ3v) is 2.34. The highest BCUT2D eigenvalue weighted by atomic mass is 16.5. The SMILES string of the molecule is COc1cc(OC)nc(NC(=O)c2cncc(NN)n2)n1. The molecular formula is C11H13N7O3. The summed E-state index contributed by atoms with van der Waals surface area (Å²) in [7, 11) is 2.88.